The van der Waals surface area contributed by atoms with Crippen LogP contribution in [-0.2, 0) is 6.42 Å². The smallest absolute Gasteiger partial charge is 0.126 e. The SMILES string of the molecule is NC/C(=C\F)Cc1cc(F)ccc1F. The summed E-state index contributed by atoms with van der Waals surface area (Å²) in [6.07, 6.45) is 0.320. The monoisotopic (exact) mass is 201 g/mol. The van der Waals surface area contributed by atoms with Crippen molar-refractivity contribution in [3.63, 3.8) is 0 Å². The Hall–Kier alpha value is -1.29. The first-order valence-electron chi connectivity index (χ1n) is 4.09. The molecule has 0 aromatic heterocycles. The van der Waals surface area contributed by atoms with Crippen LogP contribution in [-0.4, -0.2) is 6.54 Å². The molecule has 0 saturated heterocycles. The minimum Gasteiger partial charge on any atom is -0.327 e. The van der Waals surface area contributed by atoms with Crippen molar-refractivity contribution in [3.8, 4) is 0 Å². The lowest BCUT2D eigenvalue weighted by Crippen LogP contribution is -2.06. The molecule has 0 unspecified atom stereocenters. The van der Waals surface area contributed by atoms with E-state index in [4.69, 9.17) is 5.73 Å². The Morgan fingerprint density at radius 3 is 2.64 bits per heavy atom. The Kier molecular flexibility index (Phi) is 3.71. The molecule has 2 N–H and O–H groups in total. The topological polar surface area (TPSA) is 26.0 Å². The molecule has 0 aliphatic heterocycles. The van der Waals surface area contributed by atoms with Crippen LogP contribution in [0.25, 0.3) is 0 Å². The molecule has 1 nitrogen and oxygen atoms in total. The number of halogens is 3. The van der Waals surface area contributed by atoms with Gasteiger partial charge in [-0.15, -0.1) is 0 Å². The van der Waals surface area contributed by atoms with Gasteiger partial charge in [0, 0.05) is 13.0 Å². The fourth-order valence-corrected chi connectivity index (χ4v) is 1.08. The summed E-state index contributed by atoms with van der Waals surface area (Å²) in [4.78, 5) is 0. The van der Waals surface area contributed by atoms with Gasteiger partial charge in [-0.25, -0.2) is 13.2 Å². The maximum Gasteiger partial charge on any atom is 0.126 e. The predicted molar refractivity (Wildman–Crippen MR) is 48.3 cm³/mol. The molecule has 0 aliphatic rings. The van der Waals surface area contributed by atoms with E-state index in [2.05, 4.69) is 0 Å². The highest BCUT2D eigenvalue weighted by Gasteiger charge is 2.05. The molecule has 0 bridgehead atoms. The molecule has 14 heavy (non-hydrogen) atoms. The summed E-state index contributed by atoms with van der Waals surface area (Å²) in [5.41, 5.74) is 5.54. The van der Waals surface area contributed by atoms with Crippen molar-refractivity contribution in [2.75, 3.05) is 6.54 Å². The lowest BCUT2D eigenvalue weighted by molar-refractivity contribution is 0.586. The van der Waals surface area contributed by atoms with E-state index < -0.39 is 11.6 Å². The van der Waals surface area contributed by atoms with Crippen molar-refractivity contribution in [2.45, 2.75) is 6.42 Å². The summed E-state index contributed by atoms with van der Waals surface area (Å²) in [5.74, 6) is -1.10. The molecule has 0 radical (unpaired) electrons. The molecule has 0 aliphatic carbocycles. The Labute approximate surface area is 80.0 Å². The minimum absolute atomic E-state index is 0.00338. The van der Waals surface area contributed by atoms with Gasteiger partial charge in [-0.2, -0.15) is 0 Å². The number of benzene rings is 1. The lowest BCUT2D eigenvalue weighted by atomic mass is 10.1. The van der Waals surface area contributed by atoms with Gasteiger partial charge in [0.05, 0.1) is 6.33 Å². The van der Waals surface area contributed by atoms with Crippen molar-refractivity contribution in [3.05, 3.63) is 47.3 Å². The second-order valence-electron chi connectivity index (χ2n) is 2.88. The molecule has 1 aromatic rings. The molecule has 76 valence electrons. The Balaban J connectivity index is 2.90. The Bertz CT molecular complexity index is 347. The summed E-state index contributed by atoms with van der Waals surface area (Å²) in [7, 11) is 0. The molecule has 0 amide bonds. The van der Waals surface area contributed by atoms with E-state index in [0.717, 1.165) is 18.2 Å². The van der Waals surface area contributed by atoms with Crippen LogP contribution >= 0.6 is 0 Å². The van der Waals surface area contributed by atoms with Gasteiger partial charge in [-0.05, 0) is 29.3 Å². The van der Waals surface area contributed by atoms with Crippen LogP contribution in [0.15, 0.2) is 30.1 Å². The fraction of sp³-hybridized carbons (Fsp3) is 0.200. The molecule has 0 atom stereocenters. The molecule has 0 fully saturated rings. The highest BCUT2D eigenvalue weighted by Crippen LogP contribution is 2.13. The second kappa shape index (κ2) is 4.81. The van der Waals surface area contributed by atoms with Gasteiger partial charge in [-0.3, -0.25) is 0 Å². The maximum atomic E-state index is 13.0. The van der Waals surface area contributed by atoms with Crippen LogP contribution in [0, 0.1) is 11.6 Å². The molecule has 0 spiro atoms. The summed E-state index contributed by atoms with van der Waals surface area (Å²) >= 11 is 0. The lowest BCUT2D eigenvalue weighted by Gasteiger charge is -2.04. The minimum atomic E-state index is -0.556. The van der Waals surface area contributed by atoms with Gasteiger partial charge < -0.3 is 5.73 Å². The largest absolute Gasteiger partial charge is 0.327 e. The summed E-state index contributed by atoms with van der Waals surface area (Å²) in [5, 5.41) is 0. The van der Waals surface area contributed by atoms with Crippen LogP contribution in [0.4, 0.5) is 13.2 Å². The average Bonchev–Trinajstić information content (AvgIpc) is 2.19. The highest BCUT2D eigenvalue weighted by atomic mass is 19.1. The van der Waals surface area contributed by atoms with Gasteiger partial charge in [-0.1, -0.05) is 0 Å². The molecule has 0 heterocycles. The van der Waals surface area contributed by atoms with E-state index in [1.807, 2.05) is 0 Å². The predicted octanol–water partition coefficient (Wildman–Crippen LogP) is 2.32. The molecule has 0 saturated carbocycles. The molecule has 1 aromatic carbocycles. The third-order valence-corrected chi connectivity index (χ3v) is 1.84. The van der Waals surface area contributed by atoms with E-state index in [1.165, 1.54) is 0 Å². The normalized spacial score (nSPS) is 11.9. The number of rotatable bonds is 3. The first-order valence-corrected chi connectivity index (χ1v) is 4.09. The Morgan fingerprint density at radius 1 is 1.36 bits per heavy atom. The van der Waals surface area contributed by atoms with Crippen LogP contribution in [0.5, 0.6) is 0 Å². The van der Waals surface area contributed by atoms with Crippen LogP contribution in [0.3, 0.4) is 0 Å². The summed E-state index contributed by atoms with van der Waals surface area (Å²) in [6, 6.07) is 3.06. The first-order chi connectivity index (χ1) is 6.67. The van der Waals surface area contributed by atoms with Crippen molar-refractivity contribution in [2.24, 2.45) is 5.73 Å². The second-order valence-corrected chi connectivity index (χ2v) is 2.88. The number of hydrogen-bond donors (Lipinski definition) is 1. The van der Waals surface area contributed by atoms with Gasteiger partial charge in [0.15, 0.2) is 0 Å². The van der Waals surface area contributed by atoms with Gasteiger partial charge in [0.25, 0.3) is 0 Å². The molecule has 1 rings (SSSR count). The fourth-order valence-electron chi connectivity index (χ4n) is 1.08. The van der Waals surface area contributed by atoms with Gasteiger partial charge >= 0.3 is 0 Å². The zero-order valence-corrected chi connectivity index (χ0v) is 7.43. The maximum absolute atomic E-state index is 13.0. The third-order valence-electron chi connectivity index (χ3n) is 1.84. The quantitative estimate of drug-likeness (QED) is 0.797. The van der Waals surface area contributed by atoms with E-state index >= 15 is 0 Å². The van der Waals surface area contributed by atoms with Gasteiger partial charge in [0.2, 0.25) is 0 Å². The molecular formula is C10H10F3N. The molecule has 4 heteroatoms. The van der Waals surface area contributed by atoms with Crippen molar-refractivity contribution >= 4 is 0 Å². The van der Waals surface area contributed by atoms with Crippen molar-refractivity contribution in [1.82, 2.24) is 0 Å². The van der Waals surface area contributed by atoms with Gasteiger partial charge in [0.1, 0.15) is 11.6 Å². The zero-order chi connectivity index (χ0) is 10.6. The standard InChI is InChI=1S/C10H10F3N/c11-5-7(6-14)3-8-4-9(12)1-2-10(8)13/h1-2,4-5H,3,6,14H2/b7-5-. The van der Waals surface area contributed by atoms with Crippen LogP contribution < -0.4 is 5.73 Å². The van der Waals surface area contributed by atoms with E-state index in [0.29, 0.717) is 6.33 Å². The van der Waals surface area contributed by atoms with Crippen molar-refractivity contribution < 1.29 is 13.2 Å². The molecular weight excluding hydrogens is 191 g/mol. The van der Waals surface area contributed by atoms with Crippen molar-refractivity contribution in [1.29, 1.82) is 0 Å². The Morgan fingerprint density at radius 2 is 2.07 bits per heavy atom. The highest BCUT2D eigenvalue weighted by molar-refractivity contribution is 5.24. The van der Waals surface area contributed by atoms with E-state index in [1.54, 1.807) is 0 Å². The summed E-state index contributed by atoms with van der Waals surface area (Å²) in [6.45, 7) is -0.00749. The first kappa shape index (κ1) is 10.8. The van der Waals surface area contributed by atoms with E-state index in [-0.39, 0.29) is 24.1 Å². The number of nitrogens with two attached hydrogens (primary N) is 1. The average molecular weight is 201 g/mol. The zero-order valence-electron chi connectivity index (χ0n) is 7.43. The van der Waals surface area contributed by atoms with E-state index in [9.17, 15) is 13.2 Å². The summed E-state index contributed by atoms with van der Waals surface area (Å²) < 4.78 is 37.9. The van der Waals surface area contributed by atoms with Crippen LogP contribution in [0.2, 0.25) is 0 Å². The van der Waals surface area contributed by atoms with Crippen LogP contribution in [0.1, 0.15) is 5.56 Å². The third kappa shape index (κ3) is 2.60. The number of hydrogen-bond acceptors (Lipinski definition) is 1.